The average Bonchev–Trinajstić information content (AvgIpc) is 2.90. The lowest BCUT2D eigenvalue weighted by atomic mass is 9.67. The number of alkyl halides is 3. The highest BCUT2D eigenvalue weighted by atomic mass is 19.4. The smallest absolute Gasteiger partial charge is 0.406 e. The van der Waals surface area contributed by atoms with Crippen LogP contribution in [0.15, 0.2) is 48.9 Å². The van der Waals surface area contributed by atoms with Crippen molar-refractivity contribution in [3.63, 3.8) is 0 Å². The predicted octanol–water partition coefficient (Wildman–Crippen LogP) is 5.24. The maximum Gasteiger partial charge on any atom is 0.573 e. The Kier molecular flexibility index (Phi) is 7.53. The van der Waals surface area contributed by atoms with Crippen LogP contribution < -0.4 is 20.3 Å². The number of hydrogen-bond donors (Lipinski definition) is 2. The van der Waals surface area contributed by atoms with Crippen LogP contribution in [0.3, 0.4) is 0 Å². The van der Waals surface area contributed by atoms with Gasteiger partial charge in [-0.15, -0.1) is 13.2 Å². The molecule has 5 rings (SSSR count). The van der Waals surface area contributed by atoms with Crippen LogP contribution in [0.4, 0.5) is 30.6 Å². The number of nitrogens with zero attached hydrogens (tertiary/aromatic N) is 5. The lowest BCUT2D eigenvalue weighted by molar-refractivity contribution is -0.274. The van der Waals surface area contributed by atoms with E-state index in [4.69, 9.17) is 4.98 Å². The van der Waals surface area contributed by atoms with Crippen LogP contribution in [0.25, 0.3) is 11.4 Å². The molecule has 206 valence electrons. The van der Waals surface area contributed by atoms with Crippen molar-refractivity contribution in [2.45, 2.75) is 57.9 Å². The Morgan fingerprint density at radius 2 is 1.82 bits per heavy atom. The van der Waals surface area contributed by atoms with E-state index in [1.54, 1.807) is 31.5 Å². The Hall–Kier alpha value is -3.96. The molecule has 1 amide bonds. The maximum absolute atomic E-state index is 12.7. The second-order valence-corrected chi connectivity index (χ2v) is 10.2. The summed E-state index contributed by atoms with van der Waals surface area (Å²) in [5.41, 5.74) is 0.989. The number of carbonyl (C=O) groups is 1. The molecule has 2 fully saturated rings. The van der Waals surface area contributed by atoms with Gasteiger partial charge in [-0.05, 0) is 62.1 Å². The molecule has 2 aliphatic rings. The molecule has 0 unspecified atom stereocenters. The van der Waals surface area contributed by atoms with E-state index < -0.39 is 6.36 Å². The highest BCUT2D eigenvalue weighted by Gasteiger charge is 2.38. The first-order valence-electron chi connectivity index (χ1n) is 13.0. The summed E-state index contributed by atoms with van der Waals surface area (Å²) >= 11 is 0. The molecular weight excluding hydrogens is 511 g/mol. The van der Waals surface area contributed by atoms with Gasteiger partial charge in [0.15, 0.2) is 5.82 Å². The summed E-state index contributed by atoms with van der Waals surface area (Å²) in [6.07, 6.45) is 5.97. The van der Waals surface area contributed by atoms with Crippen molar-refractivity contribution in [1.82, 2.24) is 25.3 Å². The first-order valence-corrected chi connectivity index (χ1v) is 13.0. The fraction of sp³-hybridized carbons (Fsp3) is 0.444. The van der Waals surface area contributed by atoms with Crippen molar-refractivity contribution in [1.29, 1.82) is 0 Å². The Morgan fingerprint density at radius 1 is 1.05 bits per heavy atom. The van der Waals surface area contributed by atoms with Crippen LogP contribution in [0.1, 0.15) is 45.4 Å². The highest BCUT2D eigenvalue weighted by molar-refractivity contribution is 5.73. The van der Waals surface area contributed by atoms with Crippen molar-refractivity contribution in [2.75, 3.05) is 23.3 Å². The van der Waals surface area contributed by atoms with E-state index in [1.807, 2.05) is 6.07 Å². The van der Waals surface area contributed by atoms with E-state index in [9.17, 15) is 18.0 Å². The van der Waals surface area contributed by atoms with E-state index in [-0.39, 0.29) is 28.9 Å². The molecule has 2 N–H and O–H groups in total. The van der Waals surface area contributed by atoms with Crippen molar-refractivity contribution in [3.05, 3.63) is 48.9 Å². The van der Waals surface area contributed by atoms with E-state index >= 15 is 0 Å². The van der Waals surface area contributed by atoms with Crippen LogP contribution in [-0.4, -0.2) is 51.3 Å². The zero-order valence-electron chi connectivity index (χ0n) is 21.5. The number of anilines is 3. The second kappa shape index (κ2) is 11.0. The van der Waals surface area contributed by atoms with Crippen LogP contribution >= 0.6 is 0 Å². The zero-order valence-corrected chi connectivity index (χ0v) is 21.5. The van der Waals surface area contributed by atoms with Crippen molar-refractivity contribution >= 4 is 23.4 Å². The van der Waals surface area contributed by atoms with E-state index in [0.29, 0.717) is 17.2 Å². The van der Waals surface area contributed by atoms with Gasteiger partial charge in [0.25, 0.3) is 0 Å². The molecule has 4 heterocycles. The number of piperidine rings is 1. The lowest BCUT2D eigenvalue weighted by Gasteiger charge is -2.46. The molecule has 0 aromatic carbocycles. The van der Waals surface area contributed by atoms with Gasteiger partial charge in [0.2, 0.25) is 5.91 Å². The largest absolute Gasteiger partial charge is 0.573 e. The van der Waals surface area contributed by atoms with Crippen molar-refractivity contribution in [3.8, 4) is 17.1 Å². The minimum Gasteiger partial charge on any atom is -0.406 e. The Morgan fingerprint density at radius 3 is 2.49 bits per heavy atom. The SMILES string of the molecule is CC(=O)NC1CCC2(CC1)CCN(c1cc(Nc3cc(OC(F)(F)F)ccn3)nc(-c3cccnc3)n1)CC2. The molecule has 1 saturated carbocycles. The highest BCUT2D eigenvalue weighted by Crippen LogP contribution is 2.45. The van der Waals surface area contributed by atoms with E-state index in [0.717, 1.165) is 63.5 Å². The molecule has 1 saturated heterocycles. The van der Waals surface area contributed by atoms with Gasteiger partial charge in [-0.3, -0.25) is 9.78 Å². The first-order chi connectivity index (χ1) is 18.7. The van der Waals surface area contributed by atoms with Crippen LogP contribution in [0.5, 0.6) is 5.75 Å². The molecule has 0 atom stereocenters. The lowest BCUT2D eigenvalue weighted by Crippen LogP contribution is -2.45. The Balaban J connectivity index is 1.34. The summed E-state index contributed by atoms with van der Waals surface area (Å²) in [4.78, 5) is 31.3. The molecule has 39 heavy (non-hydrogen) atoms. The minimum absolute atomic E-state index is 0.0261. The topological polar surface area (TPSA) is 105 Å². The molecule has 3 aromatic heterocycles. The third-order valence-electron chi connectivity index (χ3n) is 7.46. The first kappa shape index (κ1) is 26.6. The summed E-state index contributed by atoms with van der Waals surface area (Å²) in [7, 11) is 0. The number of nitrogens with one attached hydrogen (secondary N) is 2. The van der Waals surface area contributed by atoms with E-state index in [2.05, 4.69) is 35.2 Å². The summed E-state index contributed by atoms with van der Waals surface area (Å²) < 4.78 is 42.1. The Bertz CT molecular complexity index is 1290. The third kappa shape index (κ3) is 6.92. The number of pyridine rings is 2. The normalized spacial score (nSPS) is 17.6. The van der Waals surface area contributed by atoms with E-state index in [1.165, 1.54) is 12.3 Å². The van der Waals surface area contributed by atoms with Gasteiger partial charge < -0.3 is 20.3 Å². The number of carbonyl (C=O) groups excluding carboxylic acids is 1. The fourth-order valence-electron chi connectivity index (χ4n) is 5.46. The van der Waals surface area contributed by atoms with Gasteiger partial charge in [0.05, 0.1) is 0 Å². The molecule has 12 heteroatoms. The van der Waals surface area contributed by atoms with Gasteiger partial charge in [-0.2, -0.15) is 0 Å². The average molecular weight is 542 g/mol. The van der Waals surface area contributed by atoms with Gasteiger partial charge in [-0.25, -0.2) is 15.0 Å². The molecule has 0 radical (unpaired) electrons. The predicted molar refractivity (Wildman–Crippen MR) is 139 cm³/mol. The Labute approximate surface area is 224 Å². The third-order valence-corrected chi connectivity index (χ3v) is 7.46. The molecule has 1 spiro atoms. The minimum atomic E-state index is -4.80. The van der Waals surface area contributed by atoms with Gasteiger partial charge >= 0.3 is 6.36 Å². The summed E-state index contributed by atoms with van der Waals surface area (Å²) in [5, 5.41) is 6.06. The quantitative estimate of drug-likeness (QED) is 0.437. The van der Waals surface area contributed by atoms with Gasteiger partial charge in [-0.1, -0.05) is 0 Å². The molecule has 1 aliphatic carbocycles. The number of aromatic nitrogens is 4. The monoisotopic (exact) mass is 541 g/mol. The fourth-order valence-corrected chi connectivity index (χ4v) is 5.46. The number of amides is 1. The standard InChI is InChI=1S/C27H30F3N7O2/c1-18(38)33-20-4-7-26(8-5-20)9-13-37(14-10-26)24-16-23(35-25(36-24)19-3-2-11-31-17-19)34-22-15-21(6-12-32-22)39-27(28,29)30/h2-3,6,11-12,15-17,20H,4-5,7-10,13-14H2,1H3,(H,33,38)(H,32,34,35,36). The van der Waals surface area contributed by atoms with Gasteiger partial charge in [0.1, 0.15) is 23.2 Å². The second-order valence-electron chi connectivity index (χ2n) is 10.2. The van der Waals surface area contributed by atoms with Crippen molar-refractivity contribution in [2.24, 2.45) is 5.41 Å². The summed E-state index contributed by atoms with van der Waals surface area (Å²) in [5.74, 6) is 1.37. The zero-order chi connectivity index (χ0) is 27.5. The molecular formula is C27H30F3N7O2. The van der Waals surface area contributed by atoms with Crippen LogP contribution in [0.2, 0.25) is 0 Å². The van der Waals surface area contributed by atoms with Crippen molar-refractivity contribution < 1.29 is 22.7 Å². The van der Waals surface area contributed by atoms with Gasteiger partial charge in [0, 0.05) is 62.3 Å². The van der Waals surface area contributed by atoms with Crippen LogP contribution in [-0.2, 0) is 4.79 Å². The molecule has 9 nitrogen and oxygen atoms in total. The molecule has 0 bridgehead atoms. The maximum atomic E-state index is 12.7. The number of rotatable bonds is 6. The molecule has 1 aliphatic heterocycles. The molecule has 3 aromatic rings. The number of ether oxygens (including phenoxy) is 1. The number of hydrogen-bond acceptors (Lipinski definition) is 8. The van der Waals surface area contributed by atoms with Crippen LogP contribution in [0, 0.1) is 5.41 Å². The summed E-state index contributed by atoms with van der Waals surface area (Å²) in [6.45, 7) is 3.21. The summed E-state index contributed by atoms with van der Waals surface area (Å²) in [6, 6.07) is 7.99. The number of halogens is 3.